The molecule has 2 aromatic rings. The second-order valence-electron chi connectivity index (χ2n) is 6.39. The van der Waals surface area contributed by atoms with Crippen molar-refractivity contribution in [2.75, 3.05) is 25.0 Å². The van der Waals surface area contributed by atoms with Gasteiger partial charge in [0.25, 0.3) is 0 Å². The van der Waals surface area contributed by atoms with Crippen molar-refractivity contribution in [2.45, 2.75) is 25.9 Å². The Hall–Kier alpha value is -1.62. The van der Waals surface area contributed by atoms with Crippen molar-refractivity contribution in [3.8, 4) is 0 Å². The van der Waals surface area contributed by atoms with Gasteiger partial charge >= 0.3 is 0 Å². The molecule has 0 aliphatic carbocycles. The molecule has 3 nitrogen and oxygen atoms in total. The maximum absolute atomic E-state index is 6.06. The smallest absolute Gasteiger partial charge is 0.173 e. The van der Waals surface area contributed by atoms with Crippen molar-refractivity contribution in [3.63, 3.8) is 0 Å². The van der Waals surface area contributed by atoms with Crippen molar-refractivity contribution < 1.29 is 0 Å². The summed E-state index contributed by atoms with van der Waals surface area (Å²) in [5.41, 5.74) is 2.31. The Morgan fingerprint density at radius 2 is 2.04 bits per heavy atom. The molecule has 1 N–H and O–H groups in total. The van der Waals surface area contributed by atoms with Gasteiger partial charge in [0.15, 0.2) is 5.11 Å². The van der Waals surface area contributed by atoms with E-state index in [4.69, 9.17) is 23.8 Å². The van der Waals surface area contributed by atoms with E-state index in [0.29, 0.717) is 11.1 Å². The fourth-order valence-corrected chi connectivity index (χ4v) is 3.97. The summed E-state index contributed by atoms with van der Waals surface area (Å²) in [6.45, 7) is 6.21. The third kappa shape index (κ3) is 4.94. The Morgan fingerprint density at radius 1 is 1.24 bits per heavy atom. The summed E-state index contributed by atoms with van der Waals surface area (Å²) < 4.78 is 0. The molecule has 25 heavy (non-hydrogen) atoms. The van der Waals surface area contributed by atoms with Crippen molar-refractivity contribution in [1.82, 2.24) is 9.80 Å². The van der Waals surface area contributed by atoms with Gasteiger partial charge in [-0.1, -0.05) is 48.0 Å². The van der Waals surface area contributed by atoms with E-state index in [-0.39, 0.29) is 0 Å². The molecule has 0 bridgehead atoms. The first-order valence-electron chi connectivity index (χ1n) is 8.75. The first-order chi connectivity index (χ1) is 12.2. The Kier molecular flexibility index (Phi) is 6.29. The van der Waals surface area contributed by atoms with E-state index < -0.39 is 0 Å². The summed E-state index contributed by atoms with van der Waals surface area (Å²) in [4.78, 5) is 4.80. The number of anilines is 1. The number of halogens is 1. The van der Waals surface area contributed by atoms with Crippen molar-refractivity contribution in [1.29, 1.82) is 0 Å². The van der Waals surface area contributed by atoms with Gasteiger partial charge in [0.2, 0.25) is 0 Å². The van der Waals surface area contributed by atoms with Crippen LogP contribution in [0.4, 0.5) is 5.69 Å². The molecule has 1 heterocycles. The number of nitrogens with one attached hydrogen (secondary N) is 1. The molecule has 0 spiro atoms. The van der Waals surface area contributed by atoms with Gasteiger partial charge in [-0.3, -0.25) is 4.90 Å². The molecular weight excluding hydrogens is 350 g/mol. The minimum atomic E-state index is 0.452. The van der Waals surface area contributed by atoms with Crippen LogP contribution in [0.1, 0.15) is 18.9 Å². The van der Waals surface area contributed by atoms with Gasteiger partial charge in [0.05, 0.1) is 0 Å². The molecule has 0 radical (unpaired) electrons. The van der Waals surface area contributed by atoms with Crippen LogP contribution in [0.15, 0.2) is 54.6 Å². The summed E-state index contributed by atoms with van der Waals surface area (Å²) >= 11 is 11.7. The predicted molar refractivity (Wildman–Crippen MR) is 110 cm³/mol. The molecule has 1 unspecified atom stereocenters. The SMILES string of the molecule is CCN(C(=S)Nc1cccc(Cl)c1)C1CCN(Cc2ccccc2)C1. The van der Waals surface area contributed by atoms with Gasteiger partial charge in [-0.25, -0.2) is 0 Å². The summed E-state index contributed by atoms with van der Waals surface area (Å²) in [6, 6.07) is 18.8. The van der Waals surface area contributed by atoms with Crippen molar-refractivity contribution in [3.05, 3.63) is 65.2 Å². The van der Waals surface area contributed by atoms with E-state index in [9.17, 15) is 0 Å². The molecule has 1 aliphatic rings. The topological polar surface area (TPSA) is 18.5 Å². The Bertz CT molecular complexity index is 707. The van der Waals surface area contributed by atoms with Crippen LogP contribution in [0.3, 0.4) is 0 Å². The zero-order valence-electron chi connectivity index (χ0n) is 14.5. The van der Waals surface area contributed by atoms with Crippen LogP contribution in [0.2, 0.25) is 5.02 Å². The normalized spacial score (nSPS) is 17.4. The fourth-order valence-electron chi connectivity index (χ4n) is 3.38. The van der Waals surface area contributed by atoms with Gasteiger partial charge < -0.3 is 10.2 Å². The number of hydrogen-bond donors (Lipinski definition) is 1. The van der Waals surface area contributed by atoms with Crippen LogP contribution in [0.5, 0.6) is 0 Å². The maximum atomic E-state index is 6.06. The molecule has 0 saturated carbocycles. The van der Waals surface area contributed by atoms with E-state index in [1.54, 1.807) is 0 Å². The molecule has 1 atom stereocenters. The average Bonchev–Trinajstić information content (AvgIpc) is 3.04. The fraction of sp³-hybridized carbons (Fsp3) is 0.350. The lowest BCUT2D eigenvalue weighted by Gasteiger charge is -2.30. The van der Waals surface area contributed by atoms with Gasteiger partial charge in [0, 0.05) is 42.9 Å². The molecule has 3 rings (SSSR count). The Labute approximate surface area is 160 Å². The number of likely N-dealkylation sites (tertiary alicyclic amines) is 1. The summed E-state index contributed by atoms with van der Waals surface area (Å²) in [6.07, 6.45) is 1.14. The standard InChI is InChI=1S/C20H24ClN3S/c1-2-24(20(25)22-18-10-6-9-17(21)13-18)19-11-12-23(15-19)14-16-7-4-3-5-8-16/h3-10,13,19H,2,11-12,14-15H2,1H3,(H,22,25). The molecule has 0 aromatic heterocycles. The van der Waals surface area contributed by atoms with E-state index in [2.05, 4.69) is 52.4 Å². The van der Waals surface area contributed by atoms with Crippen LogP contribution >= 0.6 is 23.8 Å². The maximum Gasteiger partial charge on any atom is 0.173 e. The lowest BCUT2D eigenvalue weighted by molar-refractivity contribution is 0.282. The van der Waals surface area contributed by atoms with Gasteiger partial charge in [0.1, 0.15) is 0 Å². The lowest BCUT2D eigenvalue weighted by Crippen LogP contribution is -2.44. The highest BCUT2D eigenvalue weighted by Gasteiger charge is 2.28. The first kappa shape index (κ1) is 18.2. The van der Waals surface area contributed by atoms with Crippen molar-refractivity contribution >= 4 is 34.6 Å². The average molecular weight is 374 g/mol. The minimum Gasteiger partial charge on any atom is -0.345 e. The zero-order chi connectivity index (χ0) is 17.6. The second kappa shape index (κ2) is 8.65. The van der Waals surface area contributed by atoms with E-state index in [0.717, 1.165) is 43.4 Å². The second-order valence-corrected chi connectivity index (χ2v) is 7.21. The molecular formula is C20H24ClN3S. The van der Waals surface area contributed by atoms with E-state index >= 15 is 0 Å². The van der Waals surface area contributed by atoms with Crippen LogP contribution in [0.25, 0.3) is 0 Å². The Morgan fingerprint density at radius 3 is 2.76 bits per heavy atom. The highest BCUT2D eigenvalue weighted by molar-refractivity contribution is 7.80. The summed E-state index contributed by atoms with van der Waals surface area (Å²) in [5.74, 6) is 0. The number of likely N-dealkylation sites (N-methyl/N-ethyl adjacent to an activating group) is 1. The third-order valence-corrected chi connectivity index (χ3v) is 5.19. The summed E-state index contributed by atoms with van der Waals surface area (Å²) in [5, 5.41) is 4.82. The van der Waals surface area contributed by atoms with Crippen LogP contribution in [-0.4, -0.2) is 40.6 Å². The number of rotatable bonds is 5. The van der Waals surface area contributed by atoms with Crippen LogP contribution in [0, 0.1) is 0 Å². The highest BCUT2D eigenvalue weighted by atomic mass is 35.5. The molecule has 1 aliphatic heterocycles. The van der Waals surface area contributed by atoms with Crippen LogP contribution in [-0.2, 0) is 6.54 Å². The monoisotopic (exact) mass is 373 g/mol. The first-order valence-corrected chi connectivity index (χ1v) is 9.54. The zero-order valence-corrected chi connectivity index (χ0v) is 16.1. The van der Waals surface area contributed by atoms with Gasteiger partial charge in [-0.2, -0.15) is 0 Å². The van der Waals surface area contributed by atoms with Gasteiger partial charge in [-0.15, -0.1) is 0 Å². The predicted octanol–water partition coefficient (Wildman–Crippen LogP) is 4.63. The number of benzene rings is 2. The quantitative estimate of drug-likeness (QED) is 0.769. The molecule has 132 valence electrons. The number of thiocarbonyl (C=S) groups is 1. The van der Waals surface area contributed by atoms with Crippen LogP contribution < -0.4 is 5.32 Å². The van der Waals surface area contributed by atoms with Crippen molar-refractivity contribution in [2.24, 2.45) is 0 Å². The lowest BCUT2D eigenvalue weighted by atomic mass is 10.2. The molecule has 0 amide bonds. The molecule has 2 aromatic carbocycles. The van der Waals surface area contributed by atoms with Gasteiger partial charge in [-0.05, 0) is 49.3 Å². The third-order valence-electron chi connectivity index (χ3n) is 4.61. The number of hydrogen-bond acceptors (Lipinski definition) is 2. The Balaban J connectivity index is 1.58. The molecule has 1 fully saturated rings. The van der Waals surface area contributed by atoms with E-state index in [1.807, 2.05) is 24.3 Å². The molecule has 1 saturated heterocycles. The largest absolute Gasteiger partial charge is 0.345 e. The minimum absolute atomic E-state index is 0.452. The molecule has 5 heteroatoms. The summed E-state index contributed by atoms with van der Waals surface area (Å²) in [7, 11) is 0. The highest BCUT2D eigenvalue weighted by Crippen LogP contribution is 2.20. The number of nitrogens with zero attached hydrogens (tertiary/aromatic N) is 2. The van der Waals surface area contributed by atoms with E-state index in [1.165, 1.54) is 5.56 Å².